The molecule has 0 atom stereocenters. The van der Waals surface area contributed by atoms with Crippen molar-refractivity contribution in [2.24, 2.45) is 0 Å². The third-order valence-electron chi connectivity index (χ3n) is 2.59. The molecule has 1 aliphatic rings. The Kier molecular flexibility index (Phi) is 4.65. The lowest BCUT2D eigenvalue weighted by molar-refractivity contribution is -0.188. The molecular formula is C9H14F6N2. The Labute approximate surface area is 95.0 Å². The number of halogens is 6. The smallest absolute Gasteiger partial charge is 0.317 e. The first-order valence-corrected chi connectivity index (χ1v) is 5.26. The highest BCUT2D eigenvalue weighted by Crippen LogP contribution is 2.25. The third kappa shape index (κ3) is 6.11. The Morgan fingerprint density at radius 3 is 1.65 bits per heavy atom. The number of hydrogen-bond donors (Lipinski definition) is 1. The molecule has 0 amide bonds. The van der Waals surface area contributed by atoms with Gasteiger partial charge in [-0.2, -0.15) is 26.3 Å². The molecule has 1 fully saturated rings. The van der Waals surface area contributed by atoms with Crippen LogP contribution in [-0.2, 0) is 0 Å². The summed E-state index contributed by atoms with van der Waals surface area (Å²) < 4.78 is 73.3. The molecule has 0 saturated carbocycles. The van der Waals surface area contributed by atoms with Gasteiger partial charge in [-0.25, -0.2) is 0 Å². The second kappa shape index (κ2) is 5.43. The van der Waals surface area contributed by atoms with E-state index in [9.17, 15) is 26.3 Å². The number of nitrogens with one attached hydrogen (secondary N) is 1. The summed E-state index contributed by atoms with van der Waals surface area (Å²) in [6.07, 6.45) is -8.58. The molecule has 1 N–H and O–H groups in total. The van der Waals surface area contributed by atoms with Crippen LogP contribution in [-0.4, -0.2) is 49.5 Å². The van der Waals surface area contributed by atoms with Gasteiger partial charge in [-0.1, -0.05) is 0 Å². The number of alkyl halides is 6. The van der Waals surface area contributed by atoms with Gasteiger partial charge < -0.3 is 5.32 Å². The number of hydrogen-bond acceptors (Lipinski definition) is 2. The minimum absolute atomic E-state index is 0.312. The maximum atomic E-state index is 12.2. The molecule has 0 bridgehead atoms. The van der Waals surface area contributed by atoms with Crippen LogP contribution in [0.25, 0.3) is 0 Å². The molecule has 102 valence electrons. The quantitative estimate of drug-likeness (QED) is 0.786. The highest BCUT2D eigenvalue weighted by molar-refractivity contribution is 4.81. The fraction of sp³-hybridized carbons (Fsp3) is 1.00. The van der Waals surface area contributed by atoms with Crippen molar-refractivity contribution in [3.8, 4) is 0 Å². The summed E-state index contributed by atoms with van der Waals surface area (Å²) in [5, 5.41) is 2.91. The summed E-state index contributed by atoms with van der Waals surface area (Å²) in [5.74, 6) is 0. The highest BCUT2D eigenvalue weighted by Gasteiger charge is 2.40. The Balaban J connectivity index is 2.63. The molecule has 1 heterocycles. The molecular weight excluding hydrogens is 250 g/mol. The van der Waals surface area contributed by atoms with Crippen LogP contribution < -0.4 is 5.32 Å². The Morgan fingerprint density at radius 1 is 0.882 bits per heavy atom. The first-order valence-electron chi connectivity index (χ1n) is 5.26. The van der Waals surface area contributed by atoms with Crippen molar-refractivity contribution < 1.29 is 26.3 Å². The first-order chi connectivity index (χ1) is 7.67. The average Bonchev–Trinajstić information content (AvgIpc) is 2.14. The molecule has 1 aliphatic heterocycles. The van der Waals surface area contributed by atoms with E-state index in [-0.39, 0.29) is 0 Å². The van der Waals surface area contributed by atoms with Gasteiger partial charge in [0.1, 0.15) is 0 Å². The van der Waals surface area contributed by atoms with Crippen LogP contribution >= 0.6 is 0 Å². The lowest BCUT2D eigenvalue weighted by Crippen LogP contribution is -2.50. The molecule has 0 aliphatic carbocycles. The normalized spacial score (nSPS) is 19.9. The molecule has 0 spiro atoms. The third-order valence-corrected chi connectivity index (χ3v) is 2.59. The first kappa shape index (κ1) is 14.6. The number of nitrogens with zero attached hydrogens (tertiary/aromatic N) is 1. The fourth-order valence-electron chi connectivity index (χ4n) is 1.95. The summed E-state index contributed by atoms with van der Waals surface area (Å²) >= 11 is 0. The van der Waals surface area contributed by atoms with E-state index in [0.29, 0.717) is 30.8 Å². The monoisotopic (exact) mass is 264 g/mol. The van der Waals surface area contributed by atoms with E-state index in [1.54, 1.807) is 0 Å². The fourth-order valence-corrected chi connectivity index (χ4v) is 1.95. The van der Waals surface area contributed by atoms with Crippen LogP contribution in [0.4, 0.5) is 26.3 Å². The Bertz CT molecular complexity index is 215. The standard InChI is InChI=1S/C9H14F6N2/c10-8(11,12)5-17(6-9(13,14)15)7-1-3-16-4-2-7/h7,16H,1-6H2. The van der Waals surface area contributed by atoms with Crippen molar-refractivity contribution in [3.63, 3.8) is 0 Å². The van der Waals surface area contributed by atoms with Crippen LogP contribution in [0.15, 0.2) is 0 Å². The van der Waals surface area contributed by atoms with Crippen LogP contribution in [0.2, 0.25) is 0 Å². The van der Waals surface area contributed by atoms with E-state index in [0.717, 1.165) is 0 Å². The number of rotatable bonds is 3. The summed E-state index contributed by atoms with van der Waals surface area (Å²) in [6.45, 7) is -2.10. The second-order valence-electron chi connectivity index (χ2n) is 4.12. The van der Waals surface area contributed by atoms with E-state index in [1.807, 2.05) is 0 Å². The van der Waals surface area contributed by atoms with Gasteiger partial charge in [-0.15, -0.1) is 0 Å². The molecule has 0 radical (unpaired) electrons. The zero-order chi connectivity index (χ0) is 13.1. The summed E-state index contributed by atoms with van der Waals surface area (Å²) in [4.78, 5) is 0.487. The average molecular weight is 264 g/mol. The van der Waals surface area contributed by atoms with Crippen LogP contribution in [0, 0.1) is 0 Å². The summed E-state index contributed by atoms with van der Waals surface area (Å²) in [5.41, 5.74) is 0. The van der Waals surface area contributed by atoms with E-state index in [2.05, 4.69) is 5.32 Å². The maximum Gasteiger partial charge on any atom is 0.401 e. The second-order valence-corrected chi connectivity index (χ2v) is 4.12. The molecule has 17 heavy (non-hydrogen) atoms. The topological polar surface area (TPSA) is 15.3 Å². The summed E-state index contributed by atoms with van der Waals surface area (Å²) in [6, 6.07) is -0.653. The van der Waals surface area contributed by atoms with E-state index >= 15 is 0 Å². The molecule has 8 heteroatoms. The minimum Gasteiger partial charge on any atom is -0.317 e. The zero-order valence-electron chi connectivity index (χ0n) is 9.03. The van der Waals surface area contributed by atoms with Gasteiger partial charge in [-0.05, 0) is 25.9 Å². The summed E-state index contributed by atoms with van der Waals surface area (Å²) in [7, 11) is 0. The van der Waals surface area contributed by atoms with Gasteiger partial charge in [0.15, 0.2) is 0 Å². The molecule has 1 saturated heterocycles. The molecule has 0 aromatic rings. The maximum absolute atomic E-state index is 12.2. The van der Waals surface area contributed by atoms with Crippen LogP contribution in [0.3, 0.4) is 0 Å². The van der Waals surface area contributed by atoms with Crippen molar-refractivity contribution in [1.82, 2.24) is 10.2 Å². The predicted octanol–water partition coefficient (Wildman–Crippen LogP) is 2.17. The zero-order valence-corrected chi connectivity index (χ0v) is 9.03. The Hall–Kier alpha value is -0.500. The van der Waals surface area contributed by atoms with E-state index in [1.165, 1.54) is 0 Å². The van der Waals surface area contributed by atoms with Crippen molar-refractivity contribution in [2.75, 3.05) is 26.2 Å². The van der Waals surface area contributed by atoms with Crippen LogP contribution in [0.5, 0.6) is 0 Å². The molecule has 0 aromatic carbocycles. The van der Waals surface area contributed by atoms with Crippen LogP contribution in [0.1, 0.15) is 12.8 Å². The highest BCUT2D eigenvalue weighted by atomic mass is 19.4. The van der Waals surface area contributed by atoms with Gasteiger partial charge in [0.05, 0.1) is 13.1 Å². The van der Waals surface area contributed by atoms with Crippen molar-refractivity contribution in [2.45, 2.75) is 31.2 Å². The largest absolute Gasteiger partial charge is 0.401 e. The lowest BCUT2D eigenvalue weighted by Gasteiger charge is -2.35. The van der Waals surface area contributed by atoms with E-state index < -0.39 is 31.5 Å². The van der Waals surface area contributed by atoms with Crippen molar-refractivity contribution >= 4 is 0 Å². The van der Waals surface area contributed by atoms with Gasteiger partial charge >= 0.3 is 12.4 Å². The van der Waals surface area contributed by atoms with Gasteiger partial charge in [0.25, 0.3) is 0 Å². The van der Waals surface area contributed by atoms with Gasteiger partial charge in [0, 0.05) is 6.04 Å². The SMILES string of the molecule is FC(F)(F)CN(CC(F)(F)F)C1CCNCC1. The van der Waals surface area contributed by atoms with E-state index in [4.69, 9.17) is 0 Å². The lowest BCUT2D eigenvalue weighted by atomic mass is 10.0. The van der Waals surface area contributed by atoms with Gasteiger partial charge in [-0.3, -0.25) is 4.90 Å². The molecule has 1 rings (SSSR count). The molecule has 0 aromatic heterocycles. The minimum atomic E-state index is -4.60. The Morgan fingerprint density at radius 2 is 1.29 bits per heavy atom. The number of piperidine rings is 1. The molecule has 0 unspecified atom stereocenters. The van der Waals surface area contributed by atoms with Gasteiger partial charge in [0.2, 0.25) is 0 Å². The van der Waals surface area contributed by atoms with Crippen molar-refractivity contribution in [3.05, 3.63) is 0 Å². The van der Waals surface area contributed by atoms with Crippen molar-refractivity contribution in [1.29, 1.82) is 0 Å². The molecule has 2 nitrogen and oxygen atoms in total. The predicted molar refractivity (Wildman–Crippen MR) is 49.6 cm³/mol.